The third kappa shape index (κ3) is 13.3. The Balaban J connectivity index is 0.000000206. The third-order valence-corrected chi connectivity index (χ3v) is 11.6. The Morgan fingerprint density at radius 1 is 0.643 bits per heavy atom. The molecular formula is C50H59F4N11O5. The summed E-state index contributed by atoms with van der Waals surface area (Å²) in [4.78, 5) is 52.8. The summed E-state index contributed by atoms with van der Waals surface area (Å²) in [6, 6.07) is 13.6. The molecule has 2 aliphatic heterocycles. The number of halogens is 4. The second kappa shape index (κ2) is 23.7. The van der Waals surface area contributed by atoms with Crippen molar-refractivity contribution < 1.29 is 41.4 Å². The molecular weight excluding hydrogens is 911 g/mol. The molecule has 4 heterocycles. The Labute approximate surface area is 404 Å². The normalized spacial score (nSPS) is 14.9. The first kappa shape index (κ1) is 51.1. The van der Waals surface area contributed by atoms with E-state index in [-0.39, 0.29) is 23.6 Å². The highest BCUT2D eigenvalue weighted by molar-refractivity contribution is 5.99. The molecule has 8 rings (SSSR count). The van der Waals surface area contributed by atoms with Crippen LogP contribution in [0, 0.1) is 23.3 Å². The number of amides is 2. The van der Waals surface area contributed by atoms with Gasteiger partial charge in [0.25, 0.3) is 11.8 Å². The van der Waals surface area contributed by atoms with Crippen LogP contribution in [-0.4, -0.2) is 149 Å². The second-order valence-corrected chi connectivity index (χ2v) is 17.5. The van der Waals surface area contributed by atoms with E-state index < -0.39 is 29.4 Å². The Morgan fingerprint density at radius 3 is 1.60 bits per heavy atom. The van der Waals surface area contributed by atoms with Crippen LogP contribution in [0.4, 0.5) is 34.9 Å². The number of rotatable bonds is 16. The van der Waals surface area contributed by atoms with Crippen LogP contribution in [0.2, 0.25) is 0 Å². The van der Waals surface area contributed by atoms with Crippen LogP contribution in [0.25, 0.3) is 22.1 Å². The van der Waals surface area contributed by atoms with Crippen molar-refractivity contribution in [2.75, 3.05) is 122 Å². The molecule has 0 aliphatic carbocycles. The smallest absolute Gasteiger partial charge is 0.251 e. The summed E-state index contributed by atoms with van der Waals surface area (Å²) in [5.41, 5.74) is 4.98. The van der Waals surface area contributed by atoms with Gasteiger partial charge in [-0.05, 0) is 90.6 Å². The van der Waals surface area contributed by atoms with Crippen molar-refractivity contribution in [2.24, 2.45) is 0 Å². The number of ether oxygens (including phenoxy) is 3. The molecule has 0 bridgehead atoms. The van der Waals surface area contributed by atoms with Gasteiger partial charge in [0.2, 0.25) is 0 Å². The van der Waals surface area contributed by atoms with E-state index in [1.807, 2.05) is 44.9 Å². The number of hydrogen-bond donors (Lipinski definition) is 3. The molecule has 2 aromatic heterocycles. The van der Waals surface area contributed by atoms with Crippen LogP contribution >= 0.6 is 0 Å². The van der Waals surface area contributed by atoms with E-state index in [1.165, 1.54) is 12.1 Å². The van der Waals surface area contributed by atoms with Gasteiger partial charge in [-0.1, -0.05) is 0 Å². The summed E-state index contributed by atoms with van der Waals surface area (Å²) in [6.07, 6.45) is 2.77. The first-order valence-electron chi connectivity index (χ1n) is 23.1. The molecule has 372 valence electrons. The number of nitrogens with zero attached hydrogens (tertiary/aromatic N) is 8. The molecule has 0 saturated carbocycles. The van der Waals surface area contributed by atoms with Crippen molar-refractivity contribution in [3.63, 3.8) is 0 Å². The van der Waals surface area contributed by atoms with Crippen LogP contribution in [0.5, 0.6) is 5.75 Å². The van der Waals surface area contributed by atoms with Gasteiger partial charge in [-0.3, -0.25) is 19.6 Å². The van der Waals surface area contributed by atoms with E-state index in [9.17, 15) is 27.2 Å². The minimum atomic E-state index is -0.997. The zero-order valence-corrected chi connectivity index (χ0v) is 40.2. The van der Waals surface area contributed by atoms with Crippen LogP contribution < -0.4 is 30.5 Å². The first-order chi connectivity index (χ1) is 33.6. The highest BCUT2D eigenvalue weighted by atomic mass is 19.2. The number of aromatic nitrogens is 4. The molecule has 16 nitrogen and oxygen atoms in total. The Hall–Kier alpha value is -6.74. The fourth-order valence-corrected chi connectivity index (χ4v) is 7.78. The summed E-state index contributed by atoms with van der Waals surface area (Å²) in [5.74, 6) is -2.65. The zero-order chi connectivity index (χ0) is 49.9. The number of benzene rings is 4. The van der Waals surface area contributed by atoms with Crippen molar-refractivity contribution in [3.8, 4) is 5.75 Å². The zero-order valence-electron chi connectivity index (χ0n) is 40.2. The van der Waals surface area contributed by atoms with E-state index in [4.69, 9.17) is 24.2 Å². The summed E-state index contributed by atoms with van der Waals surface area (Å²) < 4.78 is 71.1. The number of fused-ring (bicyclic) bond motifs is 2. The van der Waals surface area contributed by atoms with Crippen LogP contribution in [0.3, 0.4) is 0 Å². The molecule has 2 saturated heterocycles. The predicted octanol–water partition coefficient (Wildman–Crippen LogP) is 6.39. The molecule has 2 atom stereocenters. The molecule has 6 aromatic rings. The van der Waals surface area contributed by atoms with Gasteiger partial charge in [-0.25, -0.2) is 27.5 Å². The number of carbonyl (C=O) groups is 2. The lowest BCUT2D eigenvalue weighted by molar-refractivity contribution is 0.0942. The minimum Gasteiger partial charge on any atom is -0.486 e. The maximum atomic E-state index is 13.8. The van der Waals surface area contributed by atoms with E-state index in [1.54, 1.807) is 43.6 Å². The second-order valence-electron chi connectivity index (χ2n) is 17.5. The Morgan fingerprint density at radius 2 is 1.11 bits per heavy atom. The van der Waals surface area contributed by atoms with Gasteiger partial charge >= 0.3 is 0 Å². The van der Waals surface area contributed by atoms with Crippen molar-refractivity contribution in [1.29, 1.82) is 0 Å². The van der Waals surface area contributed by atoms with Gasteiger partial charge < -0.3 is 49.8 Å². The highest BCUT2D eigenvalue weighted by Crippen LogP contribution is 2.32. The fourth-order valence-electron chi connectivity index (χ4n) is 7.78. The fraction of sp³-hybridized carbons (Fsp3) is 0.400. The predicted molar refractivity (Wildman–Crippen MR) is 261 cm³/mol. The molecule has 3 N–H and O–H groups in total. The Bertz CT molecular complexity index is 2590. The van der Waals surface area contributed by atoms with Crippen molar-refractivity contribution >= 4 is 51.2 Å². The van der Waals surface area contributed by atoms with Gasteiger partial charge in [0, 0.05) is 92.4 Å². The van der Waals surface area contributed by atoms with E-state index in [0.29, 0.717) is 129 Å². The monoisotopic (exact) mass is 969 g/mol. The van der Waals surface area contributed by atoms with E-state index in [0.717, 1.165) is 35.6 Å². The SMILES string of the molecule is CC(Nc1ccc(F)c(F)c1)c1cc(C(=O)NCCN(C)C)cc2ncc(N3CCOCC3)nc12.CC(Oc1ccc(F)c(F)c1)c1cc(C(=O)NCCN(C)C)cc2ncc(N3CCOCC3)nc12. The lowest BCUT2D eigenvalue weighted by Gasteiger charge is -2.28. The van der Waals surface area contributed by atoms with Crippen LogP contribution in [0.1, 0.15) is 57.8 Å². The molecule has 0 spiro atoms. The third-order valence-electron chi connectivity index (χ3n) is 11.6. The average molecular weight is 970 g/mol. The van der Waals surface area contributed by atoms with E-state index >= 15 is 0 Å². The summed E-state index contributed by atoms with van der Waals surface area (Å²) in [6.45, 7) is 11.3. The van der Waals surface area contributed by atoms with Crippen molar-refractivity contribution in [3.05, 3.63) is 119 Å². The number of nitrogens with one attached hydrogen (secondary N) is 3. The lowest BCUT2D eigenvalue weighted by atomic mass is 10.0. The first-order valence-corrected chi connectivity index (χ1v) is 23.1. The standard InChI is InChI=1S/C25H30F2N6O2.C25H29F2N5O3/c1-16(30-18-4-5-20(26)21(27)14-18)19-12-17(25(34)28-6-7-32(2)3)13-22-24(19)31-23(15-29-22)33-8-10-35-11-9-33;1-16(35-18-4-5-20(26)21(27)14-18)19-12-17(25(33)28-6-7-31(2)3)13-22-24(19)30-23(15-29-22)32-8-10-34-11-9-32/h4-5,12-16,30H,6-11H2,1-3H3,(H,28,34);4-5,12-16H,6-11H2,1-3H3,(H,28,33). The molecule has 20 heteroatoms. The molecule has 70 heavy (non-hydrogen) atoms. The van der Waals surface area contributed by atoms with Gasteiger partial charge in [-0.2, -0.15) is 0 Å². The minimum absolute atomic E-state index is 0.169. The maximum Gasteiger partial charge on any atom is 0.251 e. The van der Waals surface area contributed by atoms with Crippen LogP contribution in [0.15, 0.2) is 73.1 Å². The van der Waals surface area contributed by atoms with Gasteiger partial charge in [0.1, 0.15) is 23.5 Å². The average Bonchev–Trinajstić information content (AvgIpc) is 3.35. The largest absolute Gasteiger partial charge is 0.486 e. The molecule has 0 radical (unpaired) electrons. The highest BCUT2D eigenvalue weighted by Gasteiger charge is 2.23. The number of anilines is 3. The van der Waals surface area contributed by atoms with Gasteiger partial charge in [0.15, 0.2) is 23.3 Å². The van der Waals surface area contributed by atoms with Crippen molar-refractivity contribution in [1.82, 2.24) is 40.4 Å². The molecule has 2 unspecified atom stereocenters. The van der Waals surface area contributed by atoms with E-state index in [2.05, 4.69) is 35.7 Å². The van der Waals surface area contributed by atoms with Gasteiger partial charge in [-0.15, -0.1) is 0 Å². The summed E-state index contributed by atoms with van der Waals surface area (Å²) in [5, 5.41) is 9.02. The summed E-state index contributed by atoms with van der Waals surface area (Å²) >= 11 is 0. The number of carbonyl (C=O) groups excluding carboxylic acids is 2. The quantitative estimate of drug-likeness (QED) is 0.0916. The molecule has 2 fully saturated rings. The topological polar surface area (TPSA) is 162 Å². The Kier molecular flexibility index (Phi) is 17.3. The molecule has 4 aromatic carbocycles. The van der Waals surface area contributed by atoms with Crippen molar-refractivity contribution in [2.45, 2.75) is 26.0 Å². The summed E-state index contributed by atoms with van der Waals surface area (Å²) in [7, 11) is 7.74. The number of morpholine rings is 2. The van der Waals surface area contributed by atoms with Crippen LogP contribution in [-0.2, 0) is 9.47 Å². The molecule has 2 aliphatic rings. The maximum absolute atomic E-state index is 13.8. The molecule has 2 amide bonds. The van der Waals surface area contributed by atoms with Gasteiger partial charge in [0.05, 0.1) is 66.9 Å². The number of likely N-dealkylation sites (N-methyl/N-ethyl adjacent to an activating group) is 2. The lowest BCUT2D eigenvalue weighted by Crippen LogP contribution is -2.36. The number of hydrogen-bond acceptors (Lipinski definition) is 14.